The Labute approximate surface area is 132 Å². The molecule has 2 N–H and O–H groups in total. The Balaban J connectivity index is 2.69. The lowest BCUT2D eigenvalue weighted by atomic mass is 10.1. The summed E-state index contributed by atoms with van der Waals surface area (Å²) in [5, 5.41) is 1.96. The van der Waals surface area contributed by atoms with E-state index < -0.39 is 6.04 Å². The van der Waals surface area contributed by atoms with Gasteiger partial charge in [-0.3, -0.25) is 4.79 Å². The summed E-state index contributed by atoms with van der Waals surface area (Å²) in [6, 6.07) is 3.35. The highest BCUT2D eigenvalue weighted by molar-refractivity contribution is 7.10. The highest BCUT2D eigenvalue weighted by Crippen LogP contribution is 2.19. The predicted molar refractivity (Wildman–Crippen MR) is 90.5 cm³/mol. The molecule has 4 nitrogen and oxygen atoms in total. The van der Waals surface area contributed by atoms with Crippen molar-refractivity contribution in [2.24, 2.45) is 11.7 Å². The third kappa shape index (κ3) is 5.77. The second-order valence-electron chi connectivity index (χ2n) is 5.70. The van der Waals surface area contributed by atoms with Gasteiger partial charge in [-0.15, -0.1) is 11.3 Å². The molecule has 1 aromatic rings. The van der Waals surface area contributed by atoms with Crippen LogP contribution in [-0.4, -0.2) is 48.4 Å². The van der Waals surface area contributed by atoms with Crippen molar-refractivity contribution in [1.82, 2.24) is 9.80 Å². The number of nitrogens with zero attached hydrogens (tertiary/aromatic N) is 2. The molecule has 0 fully saturated rings. The van der Waals surface area contributed by atoms with Gasteiger partial charge in [0.05, 0.1) is 0 Å². The quantitative estimate of drug-likeness (QED) is 0.762. The summed E-state index contributed by atoms with van der Waals surface area (Å²) in [6.45, 7) is 13.0. The number of likely N-dealkylation sites (N-methyl/N-ethyl adjacent to an activating group) is 1. The second kappa shape index (κ2) is 9.18. The normalized spacial score (nSPS) is 12.9. The van der Waals surface area contributed by atoms with Crippen molar-refractivity contribution in [2.75, 3.05) is 32.7 Å². The molecule has 5 heteroatoms. The molecule has 1 atom stereocenters. The van der Waals surface area contributed by atoms with Crippen LogP contribution in [0.4, 0.5) is 0 Å². The van der Waals surface area contributed by atoms with Crippen LogP contribution < -0.4 is 5.73 Å². The average molecular weight is 311 g/mol. The van der Waals surface area contributed by atoms with Crippen LogP contribution in [0.3, 0.4) is 0 Å². The molecule has 120 valence electrons. The Morgan fingerprint density at radius 3 is 2.43 bits per heavy atom. The molecular weight excluding hydrogens is 282 g/mol. The number of hydrogen-bond acceptors (Lipinski definition) is 4. The van der Waals surface area contributed by atoms with Crippen LogP contribution in [0.1, 0.15) is 38.6 Å². The minimum Gasteiger partial charge on any atom is -0.339 e. The van der Waals surface area contributed by atoms with Gasteiger partial charge in [0.15, 0.2) is 0 Å². The first kappa shape index (κ1) is 18.1. The summed E-state index contributed by atoms with van der Waals surface area (Å²) < 4.78 is 0. The maximum Gasteiger partial charge on any atom is 0.244 e. The second-order valence-corrected chi connectivity index (χ2v) is 6.68. The number of carbonyl (C=O) groups is 1. The van der Waals surface area contributed by atoms with Gasteiger partial charge < -0.3 is 15.5 Å². The monoisotopic (exact) mass is 311 g/mol. The SMILES string of the molecule is CCN(CC)CCN(CC(C)C)C(=O)C(N)c1cccs1. The Hall–Kier alpha value is -0.910. The molecule has 1 aromatic heterocycles. The molecule has 0 spiro atoms. The summed E-state index contributed by atoms with van der Waals surface area (Å²) in [6.07, 6.45) is 0. The smallest absolute Gasteiger partial charge is 0.244 e. The van der Waals surface area contributed by atoms with E-state index in [1.165, 1.54) is 0 Å². The maximum absolute atomic E-state index is 12.7. The third-order valence-corrected chi connectivity index (χ3v) is 4.55. The molecule has 0 aliphatic heterocycles. The van der Waals surface area contributed by atoms with Crippen molar-refractivity contribution in [2.45, 2.75) is 33.7 Å². The molecule has 1 heterocycles. The summed E-state index contributed by atoms with van der Waals surface area (Å²) in [7, 11) is 0. The molecule has 1 rings (SSSR count). The van der Waals surface area contributed by atoms with Crippen LogP contribution in [0, 0.1) is 5.92 Å². The van der Waals surface area contributed by atoms with E-state index in [9.17, 15) is 4.79 Å². The molecule has 21 heavy (non-hydrogen) atoms. The topological polar surface area (TPSA) is 49.6 Å². The average Bonchev–Trinajstić information content (AvgIpc) is 2.99. The fraction of sp³-hybridized carbons (Fsp3) is 0.688. The Bertz CT molecular complexity index is 402. The lowest BCUT2D eigenvalue weighted by Gasteiger charge is -2.29. The van der Waals surface area contributed by atoms with Gasteiger partial charge in [-0.1, -0.05) is 33.8 Å². The summed E-state index contributed by atoms with van der Waals surface area (Å²) in [5.74, 6) is 0.486. The molecule has 0 aliphatic rings. The summed E-state index contributed by atoms with van der Waals surface area (Å²) in [5.41, 5.74) is 6.14. The van der Waals surface area contributed by atoms with E-state index in [2.05, 4.69) is 32.6 Å². The van der Waals surface area contributed by atoms with Gasteiger partial charge in [0.1, 0.15) is 6.04 Å². The lowest BCUT2D eigenvalue weighted by molar-refractivity contribution is -0.133. The van der Waals surface area contributed by atoms with Crippen LogP contribution in [0.25, 0.3) is 0 Å². The zero-order valence-corrected chi connectivity index (χ0v) is 14.5. The van der Waals surface area contributed by atoms with Crippen molar-refractivity contribution in [3.8, 4) is 0 Å². The van der Waals surface area contributed by atoms with Gasteiger partial charge in [-0.25, -0.2) is 0 Å². The van der Waals surface area contributed by atoms with Crippen LogP contribution in [-0.2, 0) is 4.79 Å². The van der Waals surface area contributed by atoms with Crippen molar-refractivity contribution < 1.29 is 4.79 Å². The largest absolute Gasteiger partial charge is 0.339 e. The number of nitrogens with two attached hydrogens (primary N) is 1. The van der Waals surface area contributed by atoms with Crippen molar-refractivity contribution in [3.63, 3.8) is 0 Å². The van der Waals surface area contributed by atoms with Crippen LogP contribution in [0.15, 0.2) is 17.5 Å². The van der Waals surface area contributed by atoms with E-state index in [4.69, 9.17) is 5.73 Å². The van der Waals surface area contributed by atoms with E-state index in [-0.39, 0.29) is 5.91 Å². The van der Waals surface area contributed by atoms with Gasteiger partial charge in [0, 0.05) is 24.5 Å². The number of rotatable bonds is 9. The van der Waals surface area contributed by atoms with Crippen LogP contribution in [0.5, 0.6) is 0 Å². The molecule has 0 saturated heterocycles. The third-order valence-electron chi connectivity index (χ3n) is 3.59. The summed E-state index contributed by atoms with van der Waals surface area (Å²) in [4.78, 5) is 17.9. The minimum absolute atomic E-state index is 0.0401. The molecule has 1 amide bonds. The van der Waals surface area contributed by atoms with Gasteiger partial charge in [0.25, 0.3) is 0 Å². The Morgan fingerprint density at radius 2 is 1.95 bits per heavy atom. The van der Waals surface area contributed by atoms with Gasteiger partial charge in [0.2, 0.25) is 5.91 Å². The predicted octanol–water partition coefficient (Wildman–Crippen LogP) is 2.57. The van der Waals surface area contributed by atoms with E-state index in [0.717, 1.165) is 37.6 Å². The molecule has 0 saturated carbocycles. The molecule has 0 aliphatic carbocycles. The van der Waals surface area contributed by atoms with Crippen molar-refractivity contribution in [3.05, 3.63) is 22.4 Å². The van der Waals surface area contributed by atoms with Gasteiger partial charge >= 0.3 is 0 Å². The Kier molecular flexibility index (Phi) is 7.93. The zero-order valence-electron chi connectivity index (χ0n) is 13.7. The highest BCUT2D eigenvalue weighted by atomic mass is 32.1. The molecule has 0 bridgehead atoms. The van der Waals surface area contributed by atoms with Crippen molar-refractivity contribution >= 4 is 17.2 Å². The van der Waals surface area contributed by atoms with E-state index in [0.29, 0.717) is 5.92 Å². The summed E-state index contributed by atoms with van der Waals surface area (Å²) >= 11 is 1.55. The maximum atomic E-state index is 12.7. The Morgan fingerprint density at radius 1 is 1.29 bits per heavy atom. The number of hydrogen-bond donors (Lipinski definition) is 1. The van der Waals surface area contributed by atoms with Crippen LogP contribution in [0.2, 0.25) is 0 Å². The first-order valence-electron chi connectivity index (χ1n) is 7.79. The number of carbonyl (C=O) groups excluding carboxylic acids is 1. The fourth-order valence-electron chi connectivity index (χ4n) is 2.32. The van der Waals surface area contributed by atoms with Crippen LogP contribution >= 0.6 is 11.3 Å². The fourth-order valence-corrected chi connectivity index (χ4v) is 3.04. The van der Waals surface area contributed by atoms with Gasteiger partial charge in [-0.05, 0) is 30.5 Å². The number of thiophene rings is 1. The first-order valence-corrected chi connectivity index (χ1v) is 8.67. The zero-order chi connectivity index (χ0) is 15.8. The van der Waals surface area contributed by atoms with E-state index in [1.807, 2.05) is 22.4 Å². The van der Waals surface area contributed by atoms with E-state index >= 15 is 0 Å². The standard InChI is InChI=1S/C16H29N3OS/c1-5-18(6-2)9-10-19(12-13(3)4)16(20)15(17)14-8-7-11-21-14/h7-8,11,13,15H,5-6,9-10,12,17H2,1-4H3. The van der Waals surface area contributed by atoms with E-state index in [1.54, 1.807) is 11.3 Å². The first-order chi connectivity index (χ1) is 9.99. The molecule has 0 aromatic carbocycles. The molecular formula is C16H29N3OS. The lowest BCUT2D eigenvalue weighted by Crippen LogP contribution is -2.44. The molecule has 1 unspecified atom stereocenters. The van der Waals surface area contributed by atoms with Gasteiger partial charge in [-0.2, -0.15) is 0 Å². The highest BCUT2D eigenvalue weighted by Gasteiger charge is 2.24. The molecule has 0 radical (unpaired) electrons. The van der Waals surface area contributed by atoms with Crippen molar-refractivity contribution in [1.29, 1.82) is 0 Å². The number of amides is 1. The minimum atomic E-state index is -0.527.